The van der Waals surface area contributed by atoms with Gasteiger partial charge < -0.3 is 4.90 Å². The Bertz CT molecular complexity index is 606. The van der Waals surface area contributed by atoms with Crippen LogP contribution < -0.4 is 0 Å². The molecule has 1 aliphatic carbocycles. The summed E-state index contributed by atoms with van der Waals surface area (Å²) in [4.78, 5) is 28.7. The summed E-state index contributed by atoms with van der Waals surface area (Å²) in [6.45, 7) is 9.68. The average Bonchev–Trinajstić information content (AvgIpc) is 3.25. The van der Waals surface area contributed by atoms with Crippen molar-refractivity contribution in [2.24, 2.45) is 11.8 Å². The summed E-state index contributed by atoms with van der Waals surface area (Å²) in [6, 6.07) is 1.97. The van der Waals surface area contributed by atoms with Crippen LogP contribution in [-0.2, 0) is 0 Å². The number of H-pyrrole nitrogens is 1. The Kier molecular flexibility index (Phi) is 5.04. The van der Waals surface area contributed by atoms with Crippen molar-refractivity contribution in [3.05, 3.63) is 17.5 Å². The quantitative estimate of drug-likeness (QED) is 0.839. The third-order valence-corrected chi connectivity index (χ3v) is 5.17. The Morgan fingerprint density at radius 1 is 1.33 bits per heavy atom. The van der Waals surface area contributed by atoms with Crippen LogP contribution in [0.5, 0.6) is 0 Å². The summed E-state index contributed by atoms with van der Waals surface area (Å²) in [6.07, 6.45) is 3.70. The maximum absolute atomic E-state index is 12.8. The van der Waals surface area contributed by atoms with E-state index >= 15 is 0 Å². The number of aromatic nitrogens is 2. The van der Waals surface area contributed by atoms with E-state index in [0.717, 1.165) is 32.0 Å². The van der Waals surface area contributed by atoms with Crippen molar-refractivity contribution in [1.29, 1.82) is 0 Å². The van der Waals surface area contributed by atoms with Crippen LogP contribution >= 0.6 is 0 Å². The first kappa shape index (κ1) is 17.1. The predicted octanol–water partition coefficient (Wildman–Crippen LogP) is 2.19. The van der Waals surface area contributed by atoms with Crippen LogP contribution in [0.2, 0.25) is 0 Å². The lowest BCUT2D eigenvalue weighted by atomic mass is 10.0. The van der Waals surface area contributed by atoms with Crippen molar-refractivity contribution < 1.29 is 9.59 Å². The van der Waals surface area contributed by atoms with E-state index in [1.807, 2.05) is 4.90 Å². The fourth-order valence-electron chi connectivity index (χ4n) is 3.52. The van der Waals surface area contributed by atoms with Gasteiger partial charge in [-0.15, -0.1) is 0 Å². The minimum absolute atomic E-state index is 0.0473. The molecule has 0 spiro atoms. The summed E-state index contributed by atoms with van der Waals surface area (Å²) in [5.41, 5.74) is 0.738. The number of nitrogens with one attached hydrogen (secondary N) is 1. The molecular weight excluding hydrogens is 304 g/mol. The molecule has 1 atom stereocenters. The number of aromatic amines is 1. The topological polar surface area (TPSA) is 69.3 Å². The van der Waals surface area contributed by atoms with E-state index in [-0.39, 0.29) is 11.7 Å². The van der Waals surface area contributed by atoms with Crippen molar-refractivity contribution in [3.8, 4) is 0 Å². The zero-order valence-corrected chi connectivity index (χ0v) is 14.9. The Balaban J connectivity index is 1.72. The van der Waals surface area contributed by atoms with Gasteiger partial charge in [-0.05, 0) is 37.2 Å². The van der Waals surface area contributed by atoms with Gasteiger partial charge in [0, 0.05) is 39.1 Å². The monoisotopic (exact) mass is 332 g/mol. The fraction of sp³-hybridized carbons (Fsp3) is 0.722. The molecule has 3 rings (SSSR count). The van der Waals surface area contributed by atoms with Crippen LogP contribution in [0.25, 0.3) is 0 Å². The maximum atomic E-state index is 12.8. The number of rotatable bonds is 5. The molecule has 132 valence electrons. The average molecular weight is 332 g/mol. The van der Waals surface area contributed by atoms with Crippen LogP contribution in [-0.4, -0.2) is 63.9 Å². The molecule has 0 bridgehead atoms. The molecule has 0 radical (unpaired) electrons. The van der Waals surface area contributed by atoms with E-state index in [1.165, 1.54) is 26.3 Å². The van der Waals surface area contributed by atoms with Gasteiger partial charge in [-0.3, -0.25) is 19.6 Å². The van der Waals surface area contributed by atoms with Gasteiger partial charge in [0.1, 0.15) is 11.4 Å². The SMILES string of the molecule is CC(=O)c1cc(C(=O)N2CCCN(CC3CC3)C(C(C)C)C2)[nH]n1. The maximum Gasteiger partial charge on any atom is 0.271 e. The normalized spacial score (nSPS) is 22.7. The highest BCUT2D eigenvalue weighted by Crippen LogP contribution is 2.32. The van der Waals surface area contributed by atoms with Crippen LogP contribution in [0.3, 0.4) is 0 Å². The first-order valence-corrected chi connectivity index (χ1v) is 9.05. The van der Waals surface area contributed by atoms with E-state index < -0.39 is 0 Å². The number of hydrogen-bond donors (Lipinski definition) is 1. The number of amides is 1. The zero-order valence-electron chi connectivity index (χ0n) is 14.9. The lowest BCUT2D eigenvalue weighted by Crippen LogP contribution is -2.46. The van der Waals surface area contributed by atoms with Crippen molar-refractivity contribution in [2.45, 2.75) is 46.1 Å². The molecule has 2 heterocycles. The molecule has 1 N–H and O–H groups in total. The molecule has 24 heavy (non-hydrogen) atoms. The second-order valence-corrected chi connectivity index (χ2v) is 7.58. The van der Waals surface area contributed by atoms with Gasteiger partial charge >= 0.3 is 0 Å². The Labute approximate surface area is 143 Å². The van der Waals surface area contributed by atoms with Crippen molar-refractivity contribution in [1.82, 2.24) is 20.0 Å². The first-order valence-electron chi connectivity index (χ1n) is 9.05. The smallest absolute Gasteiger partial charge is 0.271 e. The molecule has 0 aromatic carbocycles. The summed E-state index contributed by atoms with van der Waals surface area (Å²) in [7, 11) is 0. The van der Waals surface area contributed by atoms with Gasteiger partial charge in [0.05, 0.1) is 0 Å². The van der Waals surface area contributed by atoms with Crippen LogP contribution in [0, 0.1) is 11.8 Å². The number of carbonyl (C=O) groups is 2. The second kappa shape index (κ2) is 7.05. The first-order chi connectivity index (χ1) is 11.5. The van der Waals surface area contributed by atoms with Gasteiger partial charge in [0.25, 0.3) is 5.91 Å². The van der Waals surface area contributed by atoms with Crippen LogP contribution in [0.4, 0.5) is 0 Å². The summed E-state index contributed by atoms with van der Waals surface area (Å²) in [5, 5.41) is 6.67. The standard InChI is InChI=1S/C18H28N4O2/c1-12(2)17-11-22(8-4-7-21(17)10-14-5-6-14)18(24)16-9-15(13(3)23)19-20-16/h9,12,14,17H,4-8,10-11H2,1-3H3,(H,19,20). The van der Waals surface area contributed by atoms with E-state index in [0.29, 0.717) is 23.3 Å². The summed E-state index contributed by atoms with van der Waals surface area (Å²) in [5.74, 6) is 1.19. The summed E-state index contributed by atoms with van der Waals surface area (Å²) < 4.78 is 0. The Morgan fingerprint density at radius 2 is 2.08 bits per heavy atom. The molecule has 6 heteroatoms. The van der Waals surface area contributed by atoms with Crippen LogP contribution in [0.15, 0.2) is 6.07 Å². The third kappa shape index (κ3) is 3.86. The molecule has 1 saturated heterocycles. The van der Waals surface area contributed by atoms with E-state index in [9.17, 15) is 9.59 Å². The van der Waals surface area contributed by atoms with Gasteiger partial charge in [0.2, 0.25) is 0 Å². The molecule has 2 aliphatic rings. The van der Waals surface area contributed by atoms with Crippen LogP contribution in [0.1, 0.15) is 61.0 Å². The van der Waals surface area contributed by atoms with E-state index in [4.69, 9.17) is 0 Å². The van der Waals surface area contributed by atoms with Crippen molar-refractivity contribution in [2.75, 3.05) is 26.2 Å². The highest BCUT2D eigenvalue weighted by molar-refractivity contribution is 5.97. The van der Waals surface area contributed by atoms with E-state index in [2.05, 4.69) is 28.9 Å². The lowest BCUT2D eigenvalue weighted by Gasteiger charge is -2.34. The molecule has 2 fully saturated rings. The van der Waals surface area contributed by atoms with Crippen molar-refractivity contribution >= 4 is 11.7 Å². The molecule has 1 saturated carbocycles. The second-order valence-electron chi connectivity index (χ2n) is 7.58. The number of ketones is 1. The number of hydrogen-bond acceptors (Lipinski definition) is 4. The predicted molar refractivity (Wildman–Crippen MR) is 92.0 cm³/mol. The molecule has 1 aromatic heterocycles. The molecule has 1 unspecified atom stereocenters. The lowest BCUT2D eigenvalue weighted by molar-refractivity contribution is 0.0698. The minimum Gasteiger partial charge on any atom is -0.336 e. The molecule has 1 aliphatic heterocycles. The molecule has 1 amide bonds. The van der Waals surface area contributed by atoms with Gasteiger partial charge in [-0.25, -0.2) is 0 Å². The summed E-state index contributed by atoms with van der Waals surface area (Å²) >= 11 is 0. The molecule has 1 aromatic rings. The Morgan fingerprint density at radius 3 is 2.67 bits per heavy atom. The largest absolute Gasteiger partial charge is 0.336 e. The van der Waals surface area contributed by atoms with Gasteiger partial charge in [-0.1, -0.05) is 13.8 Å². The Hall–Kier alpha value is -1.69. The van der Waals surface area contributed by atoms with Gasteiger partial charge in [0.15, 0.2) is 5.78 Å². The highest BCUT2D eigenvalue weighted by Gasteiger charge is 2.33. The zero-order chi connectivity index (χ0) is 17.3. The number of carbonyl (C=O) groups excluding carboxylic acids is 2. The van der Waals surface area contributed by atoms with E-state index in [1.54, 1.807) is 6.07 Å². The highest BCUT2D eigenvalue weighted by atomic mass is 16.2. The number of nitrogens with zero attached hydrogens (tertiary/aromatic N) is 3. The number of Topliss-reactive ketones (excluding diaryl/α,β-unsaturated/α-hetero) is 1. The fourth-order valence-corrected chi connectivity index (χ4v) is 3.52. The molecular formula is C18H28N4O2. The van der Waals surface area contributed by atoms with Gasteiger partial charge in [-0.2, -0.15) is 5.10 Å². The third-order valence-electron chi connectivity index (χ3n) is 5.17. The minimum atomic E-state index is -0.128. The molecule has 6 nitrogen and oxygen atoms in total. The van der Waals surface area contributed by atoms with Crippen molar-refractivity contribution in [3.63, 3.8) is 0 Å².